The van der Waals surface area contributed by atoms with Crippen LogP contribution in [-0.2, 0) is 23.7 Å². The fourth-order valence-electron chi connectivity index (χ4n) is 5.75. The van der Waals surface area contributed by atoms with Crippen molar-refractivity contribution in [3.63, 3.8) is 0 Å². The van der Waals surface area contributed by atoms with E-state index in [0.29, 0.717) is 18.8 Å². The summed E-state index contributed by atoms with van der Waals surface area (Å²) in [5.41, 5.74) is 0. The first kappa shape index (κ1) is 28.3. The number of rotatable bonds is 13. The van der Waals surface area contributed by atoms with E-state index in [1.54, 1.807) is 0 Å². The van der Waals surface area contributed by atoms with Gasteiger partial charge >= 0.3 is 5.97 Å². The molecule has 0 aromatic heterocycles. The van der Waals surface area contributed by atoms with E-state index < -0.39 is 12.3 Å². The van der Waals surface area contributed by atoms with Gasteiger partial charge in [0.2, 0.25) is 0 Å². The van der Waals surface area contributed by atoms with Crippen LogP contribution in [0.15, 0.2) is 12.2 Å². The van der Waals surface area contributed by atoms with Crippen LogP contribution in [0.3, 0.4) is 0 Å². The molecule has 3 unspecified atom stereocenters. The first-order chi connectivity index (χ1) is 16.4. The van der Waals surface area contributed by atoms with E-state index in [9.17, 15) is 4.79 Å². The number of unbranched alkanes of at least 4 members (excludes halogenated alkanes) is 2. The van der Waals surface area contributed by atoms with Crippen LogP contribution < -0.4 is 0 Å². The second-order valence-corrected chi connectivity index (χ2v) is 11.9. The normalized spacial score (nSPS) is 35.4. The zero-order valence-corrected chi connectivity index (χ0v) is 23.3. The van der Waals surface area contributed by atoms with Crippen molar-refractivity contribution in [1.29, 1.82) is 0 Å². The maximum Gasteiger partial charge on any atom is 0.305 e. The predicted molar refractivity (Wildman–Crippen MR) is 140 cm³/mol. The SMILES string of the molecule is CCCCC[C@@H](/C=C/[C@@H]1[C@H]2C(F)[C@H](C(I)CCCC(=O)OC)O[C@@H]2C[C@H]1C)OC1CCCCO1. The van der Waals surface area contributed by atoms with Crippen molar-refractivity contribution in [1.82, 2.24) is 0 Å². The smallest absolute Gasteiger partial charge is 0.305 e. The quantitative estimate of drug-likeness (QED) is 0.0795. The lowest BCUT2D eigenvalue weighted by Crippen LogP contribution is -2.33. The Morgan fingerprint density at radius 1 is 1.24 bits per heavy atom. The molecular formula is C27H44FIO5. The Labute approximate surface area is 219 Å². The van der Waals surface area contributed by atoms with Crippen LogP contribution in [0.4, 0.5) is 4.39 Å². The molecule has 0 aromatic carbocycles. The Balaban J connectivity index is 1.59. The molecule has 196 valence electrons. The van der Waals surface area contributed by atoms with Crippen LogP contribution >= 0.6 is 22.6 Å². The summed E-state index contributed by atoms with van der Waals surface area (Å²) in [6.45, 7) is 5.20. The Hall–Kier alpha value is -0.250. The number of hydrogen-bond donors (Lipinski definition) is 0. The number of carbonyl (C=O) groups is 1. The molecule has 0 N–H and O–H groups in total. The van der Waals surface area contributed by atoms with Crippen LogP contribution in [0.2, 0.25) is 0 Å². The van der Waals surface area contributed by atoms with Gasteiger partial charge in [-0.25, -0.2) is 4.39 Å². The van der Waals surface area contributed by atoms with Crippen molar-refractivity contribution in [2.45, 2.75) is 119 Å². The molecular weight excluding hydrogens is 550 g/mol. The molecule has 0 aromatic rings. The lowest BCUT2D eigenvalue weighted by molar-refractivity contribution is -0.179. The van der Waals surface area contributed by atoms with Gasteiger partial charge in [0, 0.05) is 22.9 Å². The lowest BCUT2D eigenvalue weighted by Gasteiger charge is -2.27. The van der Waals surface area contributed by atoms with Gasteiger partial charge in [-0.05, 0) is 56.8 Å². The summed E-state index contributed by atoms with van der Waals surface area (Å²) in [6, 6.07) is 0. The number of carbonyl (C=O) groups excluding carboxylic acids is 1. The summed E-state index contributed by atoms with van der Waals surface area (Å²) in [5.74, 6) is 0.238. The summed E-state index contributed by atoms with van der Waals surface area (Å²) < 4.78 is 38.9. The molecule has 0 radical (unpaired) electrons. The fourth-order valence-corrected chi connectivity index (χ4v) is 6.76. The molecule has 2 heterocycles. The molecule has 3 rings (SSSR count). The van der Waals surface area contributed by atoms with Crippen molar-refractivity contribution in [2.24, 2.45) is 17.8 Å². The number of ether oxygens (including phenoxy) is 4. The highest BCUT2D eigenvalue weighted by atomic mass is 127. The third-order valence-corrected chi connectivity index (χ3v) is 9.03. The van der Waals surface area contributed by atoms with Gasteiger partial charge < -0.3 is 18.9 Å². The van der Waals surface area contributed by atoms with E-state index in [1.165, 1.54) is 20.0 Å². The first-order valence-electron chi connectivity index (χ1n) is 13.4. The molecule has 1 aliphatic carbocycles. The van der Waals surface area contributed by atoms with Gasteiger partial charge in [-0.3, -0.25) is 4.79 Å². The highest BCUT2D eigenvalue weighted by molar-refractivity contribution is 14.1. The van der Waals surface area contributed by atoms with Crippen molar-refractivity contribution in [3.05, 3.63) is 12.2 Å². The first-order valence-corrected chi connectivity index (χ1v) is 14.6. The number of methoxy groups -OCH3 is 1. The van der Waals surface area contributed by atoms with Gasteiger partial charge in [0.15, 0.2) is 6.29 Å². The molecule has 1 saturated carbocycles. The Morgan fingerprint density at radius 2 is 2.06 bits per heavy atom. The van der Waals surface area contributed by atoms with Gasteiger partial charge in [0.25, 0.3) is 0 Å². The van der Waals surface area contributed by atoms with Crippen LogP contribution in [0.1, 0.15) is 84.5 Å². The topological polar surface area (TPSA) is 54.0 Å². The maximum absolute atomic E-state index is 15.7. The zero-order valence-electron chi connectivity index (χ0n) is 21.1. The minimum absolute atomic E-state index is 0.0210. The summed E-state index contributed by atoms with van der Waals surface area (Å²) in [6.07, 6.45) is 13.3. The van der Waals surface area contributed by atoms with Crippen LogP contribution in [0.5, 0.6) is 0 Å². The van der Waals surface area contributed by atoms with Gasteiger partial charge in [-0.15, -0.1) is 0 Å². The molecule has 5 nitrogen and oxygen atoms in total. The standard InChI is InChI=1S/C27H44FIO5/c1-4-5-6-10-19(33-24-13-7-8-16-32-24)14-15-20-18(2)17-22-25(20)26(28)27(34-22)21(29)11-9-12-23(30)31-3/h14-15,18-22,24-27H,4-13,16-17H2,1-3H3/b15-14+/t18-,19+,20+,21?,22-,24?,25-,26?,27+/m1/s1. The summed E-state index contributed by atoms with van der Waals surface area (Å²) in [5, 5.41) is 0. The number of hydrogen-bond acceptors (Lipinski definition) is 5. The molecule has 9 atom stereocenters. The molecule has 34 heavy (non-hydrogen) atoms. The van der Waals surface area contributed by atoms with Crippen molar-refractivity contribution < 1.29 is 28.1 Å². The third kappa shape index (κ3) is 7.87. The summed E-state index contributed by atoms with van der Waals surface area (Å²) in [4.78, 5) is 11.4. The highest BCUT2D eigenvalue weighted by Crippen LogP contribution is 2.50. The molecule has 0 spiro atoms. The average molecular weight is 595 g/mol. The van der Waals surface area contributed by atoms with E-state index in [0.717, 1.165) is 51.6 Å². The molecule has 2 aliphatic heterocycles. The van der Waals surface area contributed by atoms with Crippen LogP contribution in [0.25, 0.3) is 0 Å². The van der Waals surface area contributed by atoms with E-state index in [4.69, 9.17) is 18.9 Å². The summed E-state index contributed by atoms with van der Waals surface area (Å²) >= 11 is 2.30. The van der Waals surface area contributed by atoms with E-state index >= 15 is 4.39 Å². The minimum atomic E-state index is -0.981. The number of alkyl halides is 2. The summed E-state index contributed by atoms with van der Waals surface area (Å²) in [7, 11) is 1.40. The van der Waals surface area contributed by atoms with Gasteiger partial charge in [0.05, 0.1) is 19.3 Å². The average Bonchev–Trinajstić information content (AvgIpc) is 3.32. The van der Waals surface area contributed by atoms with Gasteiger partial charge in [-0.2, -0.15) is 0 Å². The van der Waals surface area contributed by atoms with E-state index in [1.807, 2.05) is 0 Å². The Bertz CT molecular complexity index is 641. The molecule has 3 fully saturated rings. The molecule has 7 heteroatoms. The predicted octanol–water partition coefficient (Wildman–Crippen LogP) is 6.56. The largest absolute Gasteiger partial charge is 0.469 e. The number of fused-ring (bicyclic) bond motifs is 1. The van der Waals surface area contributed by atoms with E-state index in [2.05, 4.69) is 48.6 Å². The third-order valence-electron chi connectivity index (χ3n) is 7.70. The molecule has 0 bridgehead atoms. The molecule has 2 saturated heterocycles. The van der Waals surface area contributed by atoms with Crippen molar-refractivity contribution in [3.8, 4) is 0 Å². The number of esters is 1. The molecule has 0 amide bonds. The monoisotopic (exact) mass is 594 g/mol. The zero-order chi connectivity index (χ0) is 24.5. The highest BCUT2D eigenvalue weighted by Gasteiger charge is 2.55. The Kier molecular flexibility index (Phi) is 12.1. The van der Waals surface area contributed by atoms with Crippen molar-refractivity contribution in [2.75, 3.05) is 13.7 Å². The van der Waals surface area contributed by atoms with Crippen LogP contribution in [0, 0.1) is 17.8 Å². The van der Waals surface area contributed by atoms with Crippen molar-refractivity contribution >= 4 is 28.6 Å². The lowest BCUT2D eigenvalue weighted by atomic mass is 9.84. The second kappa shape index (κ2) is 14.5. The second-order valence-electron chi connectivity index (χ2n) is 10.3. The van der Waals surface area contributed by atoms with Gasteiger partial charge in [-0.1, -0.05) is 67.9 Å². The molecule has 3 aliphatic rings. The van der Waals surface area contributed by atoms with Gasteiger partial charge in [0.1, 0.15) is 12.3 Å². The fraction of sp³-hybridized carbons (Fsp3) is 0.889. The minimum Gasteiger partial charge on any atom is -0.469 e. The number of halogens is 2. The Morgan fingerprint density at radius 3 is 2.76 bits per heavy atom. The van der Waals surface area contributed by atoms with Crippen LogP contribution in [-0.4, -0.2) is 54.4 Å². The maximum atomic E-state index is 15.7. The number of allylic oxidation sites excluding steroid dienone is 1. The van der Waals surface area contributed by atoms with E-state index in [-0.39, 0.29) is 40.2 Å².